The Morgan fingerprint density at radius 3 is 2.50 bits per heavy atom. The topological polar surface area (TPSA) is 46.6 Å². The number of halogens is 1. The highest BCUT2D eigenvalue weighted by molar-refractivity contribution is 6.07. The van der Waals surface area contributed by atoms with Crippen molar-refractivity contribution in [1.82, 2.24) is 0 Å². The van der Waals surface area contributed by atoms with Gasteiger partial charge in [0.25, 0.3) is 0 Å². The van der Waals surface area contributed by atoms with Gasteiger partial charge in [0.05, 0.1) is 11.3 Å². The third kappa shape index (κ3) is 2.51. The van der Waals surface area contributed by atoms with Gasteiger partial charge < -0.3 is 4.74 Å². The zero-order valence-corrected chi connectivity index (χ0v) is 14.9. The molecule has 0 fully saturated rings. The number of carbonyl (C=O) groups is 2. The molecule has 2 aliphatic rings. The first-order valence-electron chi connectivity index (χ1n) is 9.10. The summed E-state index contributed by atoms with van der Waals surface area (Å²) in [5.41, 5.74) is 2.54. The Morgan fingerprint density at radius 1 is 0.929 bits per heavy atom. The lowest BCUT2D eigenvalue weighted by Crippen LogP contribution is -2.37. The number of rotatable bonds is 2. The minimum absolute atomic E-state index is 0.0402. The van der Waals surface area contributed by atoms with Crippen LogP contribution in [0.4, 0.5) is 10.1 Å². The molecule has 0 aromatic heterocycles. The Kier molecular flexibility index (Phi) is 3.76. The first-order valence-corrected chi connectivity index (χ1v) is 9.10. The van der Waals surface area contributed by atoms with Crippen molar-refractivity contribution in [2.75, 3.05) is 11.5 Å². The van der Waals surface area contributed by atoms with Crippen LogP contribution in [-0.2, 0) is 14.3 Å². The summed E-state index contributed by atoms with van der Waals surface area (Å²) in [7, 11) is 0. The molecule has 5 rings (SSSR count). The Hall–Kier alpha value is -3.47. The van der Waals surface area contributed by atoms with Gasteiger partial charge in [-0.05, 0) is 40.6 Å². The molecule has 0 spiro atoms. The number of hydrogen-bond donors (Lipinski definition) is 0. The molecule has 5 heteroatoms. The smallest absolute Gasteiger partial charge is 0.336 e. The molecule has 0 radical (unpaired) electrons. The van der Waals surface area contributed by atoms with Gasteiger partial charge >= 0.3 is 5.97 Å². The summed E-state index contributed by atoms with van der Waals surface area (Å²) < 4.78 is 18.6. The standard InChI is InChI=1S/C23H16FNO3/c24-15-8-10-16(11-9-15)25-20-13-28-23(27)22(20)19(12-21(25)26)18-7-3-5-14-4-1-2-6-17(14)18/h1-11,19H,12-13H2. The van der Waals surface area contributed by atoms with E-state index in [0.29, 0.717) is 17.0 Å². The van der Waals surface area contributed by atoms with Crippen molar-refractivity contribution in [3.8, 4) is 0 Å². The molecule has 1 unspecified atom stereocenters. The predicted molar refractivity (Wildman–Crippen MR) is 103 cm³/mol. The maximum absolute atomic E-state index is 13.3. The average molecular weight is 373 g/mol. The minimum atomic E-state index is -0.396. The fourth-order valence-electron chi connectivity index (χ4n) is 4.16. The fraction of sp³-hybridized carbons (Fsp3) is 0.130. The average Bonchev–Trinajstić information content (AvgIpc) is 3.09. The molecule has 1 atom stereocenters. The van der Waals surface area contributed by atoms with Crippen molar-refractivity contribution in [2.24, 2.45) is 0 Å². The predicted octanol–water partition coefficient (Wildman–Crippen LogP) is 4.31. The highest BCUT2D eigenvalue weighted by Crippen LogP contribution is 2.43. The van der Waals surface area contributed by atoms with Gasteiger partial charge in [-0.15, -0.1) is 0 Å². The number of nitrogens with zero attached hydrogens (tertiary/aromatic N) is 1. The third-order valence-electron chi connectivity index (χ3n) is 5.40. The van der Waals surface area contributed by atoms with Crippen LogP contribution in [0.25, 0.3) is 10.8 Å². The molecule has 2 aliphatic heterocycles. The van der Waals surface area contributed by atoms with Crippen molar-refractivity contribution < 1.29 is 18.7 Å². The van der Waals surface area contributed by atoms with E-state index < -0.39 is 5.97 Å². The van der Waals surface area contributed by atoms with E-state index >= 15 is 0 Å². The van der Waals surface area contributed by atoms with Gasteiger partial charge in [0.2, 0.25) is 5.91 Å². The van der Waals surface area contributed by atoms with E-state index in [1.165, 1.54) is 17.0 Å². The number of anilines is 1. The van der Waals surface area contributed by atoms with E-state index in [4.69, 9.17) is 4.74 Å². The molecule has 3 aromatic rings. The fourth-order valence-corrected chi connectivity index (χ4v) is 4.16. The Morgan fingerprint density at radius 2 is 1.68 bits per heavy atom. The van der Waals surface area contributed by atoms with Crippen LogP contribution >= 0.6 is 0 Å². The first-order chi connectivity index (χ1) is 13.6. The highest BCUT2D eigenvalue weighted by Gasteiger charge is 2.43. The number of esters is 1. The molecule has 3 aromatic carbocycles. The Bertz CT molecular complexity index is 1140. The number of benzene rings is 3. The molecule has 2 heterocycles. The van der Waals surface area contributed by atoms with Crippen molar-refractivity contribution >= 4 is 28.3 Å². The van der Waals surface area contributed by atoms with Gasteiger partial charge in [-0.25, -0.2) is 9.18 Å². The quantitative estimate of drug-likeness (QED) is 0.629. The Labute approximate surface area is 160 Å². The van der Waals surface area contributed by atoms with Crippen LogP contribution in [0.5, 0.6) is 0 Å². The van der Waals surface area contributed by atoms with Gasteiger partial charge in [-0.2, -0.15) is 0 Å². The van der Waals surface area contributed by atoms with Crippen LogP contribution in [0, 0.1) is 5.82 Å². The third-order valence-corrected chi connectivity index (χ3v) is 5.40. The van der Waals surface area contributed by atoms with E-state index in [9.17, 15) is 14.0 Å². The van der Waals surface area contributed by atoms with Crippen molar-refractivity contribution in [2.45, 2.75) is 12.3 Å². The molecule has 4 nitrogen and oxygen atoms in total. The van der Waals surface area contributed by atoms with Gasteiger partial charge in [-0.1, -0.05) is 42.5 Å². The number of amides is 1. The second-order valence-electron chi connectivity index (χ2n) is 6.97. The maximum Gasteiger partial charge on any atom is 0.336 e. The monoisotopic (exact) mass is 373 g/mol. The van der Waals surface area contributed by atoms with Crippen LogP contribution < -0.4 is 4.90 Å². The normalized spacial score (nSPS) is 19.2. The van der Waals surface area contributed by atoms with Crippen molar-refractivity contribution in [1.29, 1.82) is 0 Å². The molecule has 138 valence electrons. The van der Waals surface area contributed by atoms with Crippen LogP contribution in [0.15, 0.2) is 78.0 Å². The van der Waals surface area contributed by atoms with Crippen LogP contribution in [0.2, 0.25) is 0 Å². The molecular formula is C23H16FNO3. The lowest BCUT2D eigenvalue weighted by molar-refractivity contribution is -0.136. The zero-order valence-electron chi connectivity index (χ0n) is 14.9. The van der Waals surface area contributed by atoms with E-state index in [1.54, 1.807) is 12.1 Å². The maximum atomic E-state index is 13.3. The summed E-state index contributed by atoms with van der Waals surface area (Å²) in [4.78, 5) is 27.2. The van der Waals surface area contributed by atoms with Crippen molar-refractivity contribution in [3.63, 3.8) is 0 Å². The van der Waals surface area contributed by atoms with E-state index in [-0.39, 0.29) is 30.7 Å². The number of fused-ring (bicyclic) bond motifs is 1. The molecule has 28 heavy (non-hydrogen) atoms. The number of ether oxygens (including phenoxy) is 1. The van der Waals surface area contributed by atoms with Crippen LogP contribution in [-0.4, -0.2) is 18.5 Å². The summed E-state index contributed by atoms with van der Waals surface area (Å²) in [6.45, 7) is 0.0402. The molecule has 0 saturated carbocycles. The summed E-state index contributed by atoms with van der Waals surface area (Å²) >= 11 is 0. The van der Waals surface area contributed by atoms with Gasteiger partial charge in [0, 0.05) is 18.0 Å². The van der Waals surface area contributed by atoms with Crippen molar-refractivity contribution in [3.05, 3.63) is 89.4 Å². The van der Waals surface area contributed by atoms with Crippen LogP contribution in [0.3, 0.4) is 0 Å². The second kappa shape index (κ2) is 6.30. The lowest BCUT2D eigenvalue weighted by atomic mass is 9.82. The molecule has 0 bridgehead atoms. The number of carbonyl (C=O) groups excluding carboxylic acids is 2. The largest absolute Gasteiger partial charge is 0.456 e. The first kappa shape index (κ1) is 16.7. The van der Waals surface area contributed by atoms with Crippen LogP contribution in [0.1, 0.15) is 17.9 Å². The molecule has 0 aliphatic carbocycles. The van der Waals surface area contributed by atoms with E-state index in [2.05, 4.69) is 0 Å². The highest BCUT2D eigenvalue weighted by atomic mass is 19.1. The molecule has 0 N–H and O–H groups in total. The molecule has 0 saturated heterocycles. The lowest BCUT2D eigenvalue weighted by Gasteiger charge is -2.32. The van der Waals surface area contributed by atoms with Gasteiger partial charge in [0.15, 0.2) is 0 Å². The summed E-state index contributed by atoms with van der Waals surface area (Å²) in [5, 5.41) is 2.08. The Balaban J connectivity index is 1.68. The van der Waals surface area contributed by atoms with Gasteiger partial charge in [-0.3, -0.25) is 9.69 Å². The number of hydrogen-bond acceptors (Lipinski definition) is 3. The molecule has 1 amide bonds. The zero-order chi connectivity index (χ0) is 19.3. The number of cyclic esters (lactones) is 1. The summed E-state index contributed by atoms with van der Waals surface area (Å²) in [6, 6.07) is 19.5. The minimum Gasteiger partial charge on any atom is -0.456 e. The van der Waals surface area contributed by atoms with E-state index in [0.717, 1.165) is 16.3 Å². The molecular weight excluding hydrogens is 357 g/mol. The van der Waals surface area contributed by atoms with E-state index in [1.807, 2.05) is 42.5 Å². The summed E-state index contributed by atoms with van der Waals surface area (Å²) in [6.07, 6.45) is 0.152. The van der Waals surface area contributed by atoms with Gasteiger partial charge in [0.1, 0.15) is 12.4 Å². The second-order valence-corrected chi connectivity index (χ2v) is 6.97. The summed E-state index contributed by atoms with van der Waals surface area (Å²) in [5.74, 6) is -1.27. The SMILES string of the molecule is O=C1OCC2=C1C(c1cccc3ccccc13)CC(=O)N2c1ccc(F)cc1.